The number of nitrogens with two attached hydrogens (primary N) is 1. The molecule has 0 amide bonds. The van der Waals surface area contributed by atoms with E-state index in [9.17, 15) is 0 Å². The fraction of sp³-hybridized carbons (Fsp3) is 0.429. The molecule has 2 aromatic rings. The first-order chi connectivity index (χ1) is 8.36. The molecule has 0 aliphatic carbocycles. The molecule has 0 saturated heterocycles. The van der Waals surface area contributed by atoms with Crippen molar-refractivity contribution in [1.29, 1.82) is 0 Å². The van der Waals surface area contributed by atoms with E-state index in [2.05, 4.69) is 42.0 Å². The van der Waals surface area contributed by atoms with E-state index in [0.29, 0.717) is 0 Å². The predicted molar refractivity (Wildman–Crippen MR) is 76.0 cm³/mol. The summed E-state index contributed by atoms with van der Waals surface area (Å²) in [6, 6.07) is 8.92. The Morgan fingerprint density at radius 1 is 1.29 bits per heavy atom. The monoisotopic (exact) mass is 248 g/mol. The Balaban J connectivity index is 2.20. The summed E-state index contributed by atoms with van der Waals surface area (Å²) in [5.74, 6) is 5.70. The molecule has 0 aliphatic rings. The molecule has 3 N–H and O–H groups in total. The summed E-state index contributed by atoms with van der Waals surface area (Å²) in [6.45, 7) is 2.23. The first-order valence-electron chi connectivity index (χ1n) is 6.29. The Morgan fingerprint density at radius 2 is 2.18 bits per heavy atom. The van der Waals surface area contributed by atoms with Gasteiger partial charge in [-0.25, -0.2) is 0 Å². The Morgan fingerprint density at radius 3 is 2.94 bits per heavy atom. The summed E-state index contributed by atoms with van der Waals surface area (Å²) >= 11 is 1.80. The van der Waals surface area contributed by atoms with Crippen LogP contribution in [0.2, 0.25) is 0 Å². The molecule has 0 aliphatic heterocycles. The van der Waals surface area contributed by atoms with Crippen LogP contribution in [0.3, 0.4) is 0 Å². The van der Waals surface area contributed by atoms with Gasteiger partial charge >= 0.3 is 0 Å². The van der Waals surface area contributed by atoms with Crippen LogP contribution < -0.4 is 11.3 Å². The van der Waals surface area contributed by atoms with Crippen molar-refractivity contribution in [3.63, 3.8) is 0 Å². The van der Waals surface area contributed by atoms with E-state index < -0.39 is 0 Å². The maximum absolute atomic E-state index is 5.70. The highest BCUT2D eigenvalue weighted by Crippen LogP contribution is 2.30. The summed E-state index contributed by atoms with van der Waals surface area (Å²) < 4.78 is 1.37. The van der Waals surface area contributed by atoms with Crippen molar-refractivity contribution in [3.8, 4) is 0 Å². The van der Waals surface area contributed by atoms with Crippen LogP contribution in [0.4, 0.5) is 0 Å². The lowest BCUT2D eigenvalue weighted by Crippen LogP contribution is -2.28. The molecule has 3 heteroatoms. The number of nitrogens with one attached hydrogen (secondary N) is 1. The number of fused-ring (bicyclic) bond motifs is 1. The van der Waals surface area contributed by atoms with Crippen molar-refractivity contribution >= 4 is 21.4 Å². The second-order valence-corrected chi connectivity index (χ2v) is 5.32. The van der Waals surface area contributed by atoms with Crippen molar-refractivity contribution in [2.45, 2.75) is 38.6 Å². The van der Waals surface area contributed by atoms with Gasteiger partial charge in [0.1, 0.15) is 0 Å². The van der Waals surface area contributed by atoms with Gasteiger partial charge in [0.15, 0.2) is 0 Å². The second-order valence-electron chi connectivity index (χ2n) is 4.40. The van der Waals surface area contributed by atoms with Crippen LogP contribution in [-0.2, 0) is 0 Å². The van der Waals surface area contributed by atoms with E-state index in [1.165, 1.54) is 34.9 Å². The van der Waals surface area contributed by atoms with Crippen LogP contribution in [0.1, 0.15) is 44.2 Å². The van der Waals surface area contributed by atoms with Crippen molar-refractivity contribution in [3.05, 3.63) is 35.2 Å². The predicted octanol–water partition coefficient (Wildman–Crippen LogP) is 3.99. The Bertz CT molecular complexity index is 464. The SMILES string of the molecule is CCCCCC(NN)c1cccc2ccsc12. The lowest BCUT2D eigenvalue weighted by Gasteiger charge is -2.17. The standard InChI is InChI=1S/C14H20N2S/c1-2-3-4-8-13(16-15)12-7-5-6-11-9-10-17-14(11)12/h5-7,9-10,13,16H,2-4,8,15H2,1H3. The third kappa shape index (κ3) is 2.86. The fourth-order valence-corrected chi connectivity index (χ4v) is 3.19. The number of rotatable bonds is 6. The number of unbranched alkanes of at least 4 members (excludes halogenated alkanes) is 2. The van der Waals surface area contributed by atoms with E-state index in [-0.39, 0.29) is 6.04 Å². The third-order valence-corrected chi connectivity index (χ3v) is 4.16. The molecule has 17 heavy (non-hydrogen) atoms. The molecule has 1 atom stereocenters. The van der Waals surface area contributed by atoms with Crippen molar-refractivity contribution < 1.29 is 0 Å². The van der Waals surface area contributed by atoms with Crippen LogP contribution in [-0.4, -0.2) is 0 Å². The van der Waals surface area contributed by atoms with Gasteiger partial charge in [-0.15, -0.1) is 11.3 Å². The van der Waals surface area contributed by atoms with Gasteiger partial charge in [-0.2, -0.15) is 0 Å². The minimum absolute atomic E-state index is 0.281. The Labute approximate surface area is 107 Å². The van der Waals surface area contributed by atoms with Crippen LogP contribution in [0, 0.1) is 0 Å². The molecule has 0 bridgehead atoms. The molecule has 2 rings (SSSR count). The van der Waals surface area contributed by atoms with Crippen molar-refractivity contribution in [2.75, 3.05) is 0 Å². The molecule has 1 aromatic carbocycles. The highest BCUT2D eigenvalue weighted by molar-refractivity contribution is 7.17. The largest absolute Gasteiger partial charge is 0.271 e. The summed E-state index contributed by atoms with van der Waals surface area (Å²) in [4.78, 5) is 0. The van der Waals surface area contributed by atoms with Gasteiger partial charge in [0.25, 0.3) is 0 Å². The lowest BCUT2D eigenvalue weighted by molar-refractivity contribution is 0.490. The number of hydrazine groups is 1. The third-order valence-electron chi connectivity index (χ3n) is 3.18. The molecule has 1 unspecified atom stereocenters. The minimum atomic E-state index is 0.281. The van der Waals surface area contributed by atoms with Crippen molar-refractivity contribution in [1.82, 2.24) is 5.43 Å². The Hall–Kier alpha value is -0.900. The zero-order valence-electron chi connectivity index (χ0n) is 10.3. The van der Waals surface area contributed by atoms with E-state index in [4.69, 9.17) is 5.84 Å². The van der Waals surface area contributed by atoms with Crippen LogP contribution in [0.5, 0.6) is 0 Å². The molecular weight excluding hydrogens is 228 g/mol. The highest BCUT2D eigenvalue weighted by atomic mass is 32.1. The highest BCUT2D eigenvalue weighted by Gasteiger charge is 2.12. The van der Waals surface area contributed by atoms with Gasteiger partial charge < -0.3 is 0 Å². The van der Waals surface area contributed by atoms with Gasteiger partial charge in [-0.05, 0) is 28.8 Å². The lowest BCUT2D eigenvalue weighted by atomic mass is 10.00. The molecule has 0 spiro atoms. The summed E-state index contributed by atoms with van der Waals surface area (Å²) in [7, 11) is 0. The average molecular weight is 248 g/mol. The van der Waals surface area contributed by atoms with Gasteiger partial charge in [0, 0.05) is 10.7 Å². The zero-order valence-corrected chi connectivity index (χ0v) is 11.1. The maximum Gasteiger partial charge on any atom is 0.0474 e. The average Bonchev–Trinajstić information content (AvgIpc) is 2.83. The molecule has 2 nitrogen and oxygen atoms in total. The smallest absolute Gasteiger partial charge is 0.0474 e. The second kappa shape index (κ2) is 6.15. The topological polar surface area (TPSA) is 38.0 Å². The number of benzene rings is 1. The summed E-state index contributed by atoms with van der Waals surface area (Å²) in [6.07, 6.45) is 4.87. The Kier molecular flexibility index (Phi) is 4.54. The van der Waals surface area contributed by atoms with Crippen LogP contribution >= 0.6 is 11.3 Å². The van der Waals surface area contributed by atoms with Crippen LogP contribution in [0.25, 0.3) is 10.1 Å². The fourth-order valence-electron chi connectivity index (χ4n) is 2.22. The van der Waals surface area contributed by atoms with Crippen molar-refractivity contribution in [2.24, 2.45) is 5.84 Å². The number of thiophene rings is 1. The molecule has 0 fully saturated rings. The number of hydrogen-bond donors (Lipinski definition) is 2. The molecule has 1 aromatic heterocycles. The number of hydrogen-bond acceptors (Lipinski definition) is 3. The quantitative estimate of drug-likeness (QED) is 0.461. The molecule has 0 radical (unpaired) electrons. The van der Waals surface area contributed by atoms with Gasteiger partial charge in [-0.1, -0.05) is 44.4 Å². The van der Waals surface area contributed by atoms with Gasteiger partial charge in [-0.3, -0.25) is 11.3 Å². The minimum Gasteiger partial charge on any atom is -0.271 e. The van der Waals surface area contributed by atoms with Crippen LogP contribution in [0.15, 0.2) is 29.6 Å². The normalized spacial score (nSPS) is 13.1. The van der Waals surface area contributed by atoms with E-state index >= 15 is 0 Å². The summed E-state index contributed by atoms with van der Waals surface area (Å²) in [5, 5.41) is 3.47. The first-order valence-corrected chi connectivity index (χ1v) is 7.17. The van der Waals surface area contributed by atoms with E-state index in [0.717, 1.165) is 6.42 Å². The zero-order chi connectivity index (χ0) is 12.1. The molecular formula is C14H20N2S. The first kappa shape index (κ1) is 12.6. The van der Waals surface area contributed by atoms with E-state index in [1.54, 1.807) is 11.3 Å². The van der Waals surface area contributed by atoms with Gasteiger partial charge in [0.05, 0.1) is 0 Å². The molecule has 92 valence electrons. The molecule has 0 saturated carbocycles. The van der Waals surface area contributed by atoms with Gasteiger partial charge in [0.2, 0.25) is 0 Å². The summed E-state index contributed by atoms with van der Waals surface area (Å²) in [5.41, 5.74) is 4.31. The van der Waals surface area contributed by atoms with E-state index in [1.807, 2.05) is 0 Å². The molecule has 1 heterocycles. The maximum atomic E-state index is 5.70.